The van der Waals surface area contributed by atoms with Crippen LogP contribution in [0.25, 0.3) is 0 Å². The van der Waals surface area contributed by atoms with Gasteiger partial charge in [-0.05, 0) is 42.9 Å². The number of thioether (sulfide) groups is 1. The highest BCUT2D eigenvalue weighted by atomic mass is 32.2. The summed E-state index contributed by atoms with van der Waals surface area (Å²) in [6.45, 7) is 2.28. The quantitative estimate of drug-likeness (QED) is 0.766. The van der Waals surface area contributed by atoms with E-state index in [2.05, 4.69) is 54.9 Å². The molecule has 0 saturated carbocycles. The van der Waals surface area contributed by atoms with Crippen molar-refractivity contribution in [2.24, 2.45) is 0 Å². The van der Waals surface area contributed by atoms with Crippen LogP contribution in [0.15, 0.2) is 59.5 Å². The van der Waals surface area contributed by atoms with Crippen molar-refractivity contribution < 1.29 is 5.11 Å². The van der Waals surface area contributed by atoms with Crippen molar-refractivity contribution in [2.45, 2.75) is 30.3 Å². The van der Waals surface area contributed by atoms with E-state index in [1.807, 2.05) is 18.2 Å². The molecule has 21 heavy (non-hydrogen) atoms. The van der Waals surface area contributed by atoms with Gasteiger partial charge in [-0.15, -0.1) is 11.8 Å². The molecule has 0 fully saturated rings. The summed E-state index contributed by atoms with van der Waals surface area (Å²) >= 11 is 1.75. The molecule has 2 nitrogen and oxygen atoms in total. The van der Waals surface area contributed by atoms with E-state index in [-0.39, 0.29) is 18.7 Å². The largest absolute Gasteiger partial charge is 0.395 e. The van der Waals surface area contributed by atoms with Crippen molar-refractivity contribution in [1.29, 1.82) is 0 Å². The van der Waals surface area contributed by atoms with Gasteiger partial charge < -0.3 is 10.4 Å². The summed E-state index contributed by atoms with van der Waals surface area (Å²) in [6, 6.07) is 19.2. The van der Waals surface area contributed by atoms with Crippen molar-refractivity contribution in [1.82, 2.24) is 5.32 Å². The standard InChI is InChI=1S/C18H23NOS/c1-14(16-8-10-18(21-2)11-9-16)19-17(13-20)12-15-6-4-3-5-7-15/h3-11,14,17,19-20H,12-13H2,1-2H3. The topological polar surface area (TPSA) is 32.3 Å². The summed E-state index contributed by atoms with van der Waals surface area (Å²) < 4.78 is 0. The van der Waals surface area contributed by atoms with E-state index in [1.165, 1.54) is 16.0 Å². The zero-order valence-corrected chi connectivity index (χ0v) is 13.4. The Bertz CT molecular complexity index is 527. The molecule has 2 aromatic rings. The molecule has 3 heteroatoms. The molecule has 0 spiro atoms. The number of nitrogens with one attached hydrogen (secondary N) is 1. The van der Waals surface area contributed by atoms with Crippen LogP contribution in [0.1, 0.15) is 24.1 Å². The van der Waals surface area contributed by atoms with Crippen molar-refractivity contribution in [3.05, 3.63) is 65.7 Å². The first kappa shape index (κ1) is 16.1. The zero-order valence-electron chi connectivity index (χ0n) is 12.6. The first-order chi connectivity index (χ1) is 10.2. The fraction of sp³-hybridized carbons (Fsp3) is 0.333. The Morgan fingerprint density at radius 3 is 2.29 bits per heavy atom. The fourth-order valence-electron chi connectivity index (χ4n) is 2.42. The third-order valence-corrected chi connectivity index (χ3v) is 4.39. The van der Waals surface area contributed by atoms with Crippen molar-refractivity contribution >= 4 is 11.8 Å². The highest BCUT2D eigenvalue weighted by Crippen LogP contribution is 2.19. The normalized spacial score (nSPS) is 13.9. The summed E-state index contributed by atoms with van der Waals surface area (Å²) in [5, 5.41) is 13.1. The second-order valence-corrected chi connectivity index (χ2v) is 6.11. The molecule has 0 aliphatic heterocycles. The number of benzene rings is 2. The van der Waals surface area contributed by atoms with E-state index >= 15 is 0 Å². The number of hydrogen-bond donors (Lipinski definition) is 2. The van der Waals surface area contributed by atoms with Crippen LogP contribution in [0, 0.1) is 0 Å². The van der Waals surface area contributed by atoms with Gasteiger partial charge in [0.1, 0.15) is 0 Å². The van der Waals surface area contributed by atoms with Crippen molar-refractivity contribution in [3.63, 3.8) is 0 Å². The Balaban J connectivity index is 1.96. The molecule has 0 amide bonds. The molecule has 2 rings (SSSR count). The minimum atomic E-state index is 0.0719. The predicted octanol–water partition coefficient (Wildman–Crippen LogP) is 3.66. The monoisotopic (exact) mass is 301 g/mol. The highest BCUT2D eigenvalue weighted by Gasteiger charge is 2.13. The first-order valence-electron chi connectivity index (χ1n) is 7.27. The third-order valence-electron chi connectivity index (χ3n) is 3.65. The van der Waals surface area contributed by atoms with Gasteiger partial charge in [-0.25, -0.2) is 0 Å². The van der Waals surface area contributed by atoms with Crippen LogP contribution >= 0.6 is 11.8 Å². The molecule has 0 aliphatic rings. The highest BCUT2D eigenvalue weighted by molar-refractivity contribution is 7.98. The van der Waals surface area contributed by atoms with Crippen LogP contribution in [0.5, 0.6) is 0 Å². The molecule has 2 aromatic carbocycles. The number of aliphatic hydroxyl groups is 1. The molecule has 0 aromatic heterocycles. The van der Waals surface area contributed by atoms with E-state index in [1.54, 1.807) is 11.8 Å². The maximum atomic E-state index is 9.60. The SMILES string of the molecule is CSc1ccc(C(C)NC(CO)Cc2ccccc2)cc1. The predicted molar refractivity (Wildman–Crippen MR) is 90.8 cm³/mol. The van der Waals surface area contributed by atoms with Crippen LogP contribution in [0.3, 0.4) is 0 Å². The number of aliphatic hydroxyl groups excluding tert-OH is 1. The van der Waals surface area contributed by atoms with Gasteiger partial charge in [0.05, 0.1) is 6.61 Å². The van der Waals surface area contributed by atoms with Crippen LogP contribution < -0.4 is 5.32 Å². The van der Waals surface area contributed by atoms with Crippen LogP contribution in [-0.4, -0.2) is 24.0 Å². The van der Waals surface area contributed by atoms with Crippen LogP contribution in [0.4, 0.5) is 0 Å². The second kappa shape index (κ2) is 8.23. The molecule has 0 aliphatic carbocycles. The van der Waals surface area contributed by atoms with E-state index < -0.39 is 0 Å². The van der Waals surface area contributed by atoms with Crippen LogP contribution in [-0.2, 0) is 6.42 Å². The Hall–Kier alpha value is -1.29. The summed E-state index contributed by atoms with van der Waals surface area (Å²) in [7, 11) is 0. The molecule has 0 heterocycles. The van der Waals surface area contributed by atoms with Gasteiger partial charge in [0.15, 0.2) is 0 Å². The fourth-order valence-corrected chi connectivity index (χ4v) is 2.83. The molecule has 2 N–H and O–H groups in total. The Morgan fingerprint density at radius 2 is 1.71 bits per heavy atom. The summed E-state index contributed by atoms with van der Waals surface area (Å²) in [5.41, 5.74) is 2.49. The molecular weight excluding hydrogens is 278 g/mol. The van der Waals surface area contributed by atoms with Gasteiger partial charge in [-0.3, -0.25) is 0 Å². The maximum absolute atomic E-state index is 9.60. The van der Waals surface area contributed by atoms with Gasteiger partial charge in [0.25, 0.3) is 0 Å². The minimum Gasteiger partial charge on any atom is -0.395 e. The van der Waals surface area contributed by atoms with Crippen molar-refractivity contribution in [2.75, 3.05) is 12.9 Å². The molecule has 2 atom stereocenters. The summed E-state index contributed by atoms with van der Waals surface area (Å²) in [4.78, 5) is 1.27. The van der Waals surface area contributed by atoms with E-state index in [9.17, 15) is 5.11 Å². The van der Waals surface area contributed by atoms with Crippen molar-refractivity contribution in [3.8, 4) is 0 Å². The van der Waals surface area contributed by atoms with Gasteiger partial charge in [0.2, 0.25) is 0 Å². The molecule has 112 valence electrons. The molecule has 2 unspecified atom stereocenters. The second-order valence-electron chi connectivity index (χ2n) is 5.23. The Labute approximate surface area is 131 Å². The molecule has 0 radical (unpaired) electrons. The minimum absolute atomic E-state index is 0.0719. The molecule has 0 bridgehead atoms. The summed E-state index contributed by atoms with van der Waals surface area (Å²) in [5.74, 6) is 0. The number of rotatable bonds is 7. The lowest BCUT2D eigenvalue weighted by atomic mass is 10.0. The van der Waals surface area contributed by atoms with Gasteiger partial charge in [-0.1, -0.05) is 42.5 Å². The van der Waals surface area contributed by atoms with Gasteiger partial charge in [0, 0.05) is 17.0 Å². The summed E-state index contributed by atoms with van der Waals surface area (Å²) in [6.07, 6.45) is 2.92. The van der Waals surface area contributed by atoms with Gasteiger partial charge >= 0.3 is 0 Å². The van der Waals surface area contributed by atoms with E-state index in [0.717, 1.165) is 6.42 Å². The smallest absolute Gasteiger partial charge is 0.0588 e. The van der Waals surface area contributed by atoms with E-state index in [4.69, 9.17) is 0 Å². The van der Waals surface area contributed by atoms with Gasteiger partial charge in [-0.2, -0.15) is 0 Å². The lowest BCUT2D eigenvalue weighted by Gasteiger charge is -2.22. The Kier molecular flexibility index (Phi) is 6.30. The molecule has 0 saturated heterocycles. The average molecular weight is 301 g/mol. The Morgan fingerprint density at radius 1 is 1.05 bits per heavy atom. The first-order valence-corrected chi connectivity index (χ1v) is 8.50. The zero-order chi connectivity index (χ0) is 15.1. The van der Waals surface area contributed by atoms with E-state index in [0.29, 0.717) is 0 Å². The number of hydrogen-bond acceptors (Lipinski definition) is 3. The maximum Gasteiger partial charge on any atom is 0.0588 e. The third kappa shape index (κ3) is 4.88. The lowest BCUT2D eigenvalue weighted by molar-refractivity contribution is 0.232. The van der Waals surface area contributed by atoms with Crippen LogP contribution in [0.2, 0.25) is 0 Å². The molecular formula is C18H23NOS. The average Bonchev–Trinajstić information content (AvgIpc) is 2.55. The lowest BCUT2D eigenvalue weighted by Crippen LogP contribution is -2.36.